The molecule has 0 aromatic heterocycles. The predicted molar refractivity (Wildman–Crippen MR) is 80.6 cm³/mol. The lowest BCUT2D eigenvalue weighted by molar-refractivity contribution is 0.101. The summed E-state index contributed by atoms with van der Waals surface area (Å²) in [6, 6.07) is 10.3. The molecule has 0 atom stereocenters. The quantitative estimate of drug-likeness (QED) is 0.646. The van der Waals surface area contributed by atoms with E-state index in [2.05, 4.69) is 5.32 Å². The van der Waals surface area contributed by atoms with Crippen molar-refractivity contribution in [1.82, 2.24) is 0 Å². The second-order valence-corrected chi connectivity index (χ2v) is 5.01. The average Bonchev–Trinajstić information content (AvgIpc) is 2.26. The van der Waals surface area contributed by atoms with E-state index in [-0.39, 0.29) is 5.78 Å². The number of hydrogen-bond donors (Lipinski definition) is 2. The van der Waals surface area contributed by atoms with Gasteiger partial charge in [0.2, 0.25) is 0 Å². The van der Waals surface area contributed by atoms with Gasteiger partial charge in [0.25, 0.3) is 0 Å². The number of anilines is 3. The number of nitrogens with one attached hydrogen (secondary N) is 1. The van der Waals surface area contributed by atoms with E-state index in [0.29, 0.717) is 21.3 Å². The number of Topliss-reactive ketones (excluding diaryl/α,β-unsaturated/α-hetero) is 1. The molecule has 98 valence electrons. The van der Waals surface area contributed by atoms with Gasteiger partial charge in [-0.1, -0.05) is 23.2 Å². The summed E-state index contributed by atoms with van der Waals surface area (Å²) in [5.41, 5.74) is 8.29. The van der Waals surface area contributed by atoms with E-state index in [9.17, 15) is 4.79 Å². The predicted octanol–water partition coefficient (Wildman–Crippen LogP) is 4.52. The van der Waals surface area contributed by atoms with Gasteiger partial charge in [0, 0.05) is 32.7 Å². The van der Waals surface area contributed by atoms with Crippen molar-refractivity contribution in [2.75, 3.05) is 11.1 Å². The molecule has 19 heavy (non-hydrogen) atoms. The van der Waals surface area contributed by atoms with E-state index in [1.807, 2.05) is 0 Å². The fraction of sp³-hybridized carbons (Fsp3) is 0.0714. The lowest BCUT2D eigenvalue weighted by Gasteiger charge is -2.10. The molecule has 3 nitrogen and oxygen atoms in total. The van der Waals surface area contributed by atoms with Crippen molar-refractivity contribution < 1.29 is 4.79 Å². The highest BCUT2D eigenvalue weighted by Crippen LogP contribution is 2.27. The first-order chi connectivity index (χ1) is 8.95. The van der Waals surface area contributed by atoms with Crippen LogP contribution in [0.25, 0.3) is 0 Å². The molecule has 0 aliphatic rings. The van der Waals surface area contributed by atoms with Gasteiger partial charge in [-0.05, 0) is 43.3 Å². The molecule has 0 heterocycles. The minimum absolute atomic E-state index is 0.0603. The number of ketones is 1. The minimum Gasteiger partial charge on any atom is -0.398 e. The summed E-state index contributed by atoms with van der Waals surface area (Å²) in [5, 5.41) is 4.22. The van der Waals surface area contributed by atoms with Crippen molar-refractivity contribution in [3.05, 3.63) is 52.0 Å². The molecule has 0 spiro atoms. The standard InChI is InChI=1S/C14H12Cl2N2O/c1-8(19)13-3-2-11(7-14(13)17)18-12-5-9(15)4-10(16)6-12/h2-7,18H,17H2,1H3. The maximum atomic E-state index is 11.3. The van der Waals surface area contributed by atoms with Gasteiger partial charge in [-0.15, -0.1) is 0 Å². The van der Waals surface area contributed by atoms with Crippen LogP contribution in [0.5, 0.6) is 0 Å². The molecule has 2 aromatic carbocycles. The first kappa shape index (κ1) is 13.7. The highest BCUT2D eigenvalue weighted by atomic mass is 35.5. The monoisotopic (exact) mass is 294 g/mol. The van der Waals surface area contributed by atoms with Crippen LogP contribution >= 0.6 is 23.2 Å². The zero-order valence-electron chi connectivity index (χ0n) is 10.2. The molecule has 0 aliphatic heterocycles. The summed E-state index contributed by atoms with van der Waals surface area (Å²) in [6.07, 6.45) is 0. The second kappa shape index (κ2) is 5.51. The molecule has 0 fully saturated rings. The van der Waals surface area contributed by atoms with Crippen LogP contribution in [-0.2, 0) is 0 Å². The van der Waals surface area contributed by atoms with Gasteiger partial charge in [-0.3, -0.25) is 4.79 Å². The molecule has 0 saturated heterocycles. The Hall–Kier alpha value is -1.71. The summed E-state index contributed by atoms with van der Waals surface area (Å²) < 4.78 is 0. The normalized spacial score (nSPS) is 10.3. The molecule has 5 heteroatoms. The van der Waals surface area contributed by atoms with Gasteiger partial charge in [0.1, 0.15) is 0 Å². The van der Waals surface area contributed by atoms with E-state index in [1.165, 1.54) is 6.92 Å². The van der Waals surface area contributed by atoms with Crippen LogP contribution in [0.15, 0.2) is 36.4 Å². The van der Waals surface area contributed by atoms with Gasteiger partial charge in [0.05, 0.1) is 0 Å². The second-order valence-electron chi connectivity index (χ2n) is 4.14. The topological polar surface area (TPSA) is 55.1 Å². The van der Waals surface area contributed by atoms with Crippen LogP contribution < -0.4 is 11.1 Å². The van der Waals surface area contributed by atoms with Crippen molar-refractivity contribution in [2.24, 2.45) is 0 Å². The Morgan fingerprint density at radius 2 is 1.68 bits per heavy atom. The smallest absolute Gasteiger partial charge is 0.161 e. The lowest BCUT2D eigenvalue weighted by atomic mass is 10.1. The van der Waals surface area contributed by atoms with Crippen molar-refractivity contribution in [1.29, 1.82) is 0 Å². The zero-order chi connectivity index (χ0) is 14.0. The first-order valence-electron chi connectivity index (χ1n) is 5.59. The highest BCUT2D eigenvalue weighted by Gasteiger charge is 2.06. The third-order valence-corrected chi connectivity index (χ3v) is 3.02. The minimum atomic E-state index is -0.0603. The molecule has 0 aliphatic carbocycles. The molecule has 0 amide bonds. The molecule has 2 aromatic rings. The number of nitrogens with two attached hydrogens (primary N) is 1. The maximum absolute atomic E-state index is 11.3. The van der Waals surface area contributed by atoms with E-state index >= 15 is 0 Å². The Balaban J connectivity index is 2.28. The van der Waals surface area contributed by atoms with Crippen molar-refractivity contribution in [3.8, 4) is 0 Å². The number of rotatable bonds is 3. The first-order valence-corrected chi connectivity index (χ1v) is 6.35. The fourth-order valence-electron chi connectivity index (χ4n) is 1.75. The molecule has 3 N–H and O–H groups in total. The molecular formula is C14H12Cl2N2O. The summed E-state index contributed by atoms with van der Waals surface area (Å²) in [5.74, 6) is -0.0603. The lowest BCUT2D eigenvalue weighted by Crippen LogP contribution is -2.00. The highest BCUT2D eigenvalue weighted by molar-refractivity contribution is 6.35. The van der Waals surface area contributed by atoms with Crippen LogP contribution in [0, 0.1) is 0 Å². The van der Waals surface area contributed by atoms with Crippen molar-refractivity contribution in [2.45, 2.75) is 6.92 Å². The fourth-order valence-corrected chi connectivity index (χ4v) is 2.28. The van der Waals surface area contributed by atoms with Gasteiger partial charge in [-0.2, -0.15) is 0 Å². The number of halogens is 2. The number of hydrogen-bond acceptors (Lipinski definition) is 3. The van der Waals surface area contributed by atoms with Crippen LogP contribution in [0.3, 0.4) is 0 Å². The Kier molecular flexibility index (Phi) is 3.98. The van der Waals surface area contributed by atoms with Gasteiger partial charge in [-0.25, -0.2) is 0 Å². The van der Waals surface area contributed by atoms with Gasteiger partial charge >= 0.3 is 0 Å². The van der Waals surface area contributed by atoms with Crippen LogP contribution in [0.2, 0.25) is 10.0 Å². The van der Waals surface area contributed by atoms with Crippen molar-refractivity contribution in [3.63, 3.8) is 0 Å². The number of carbonyl (C=O) groups is 1. The van der Waals surface area contributed by atoms with Crippen LogP contribution in [0.1, 0.15) is 17.3 Å². The molecule has 0 saturated carbocycles. The van der Waals surface area contributed by atoms with E-state index < -0.39 is 0 Å². The van der Waals surface area contributed by atoms with E-state index in [4.69, 9.17) is 28.9 Å². The third-order valence-electron chi connectivity index (χ3n) is 2.58. The average molecular weight is 295 g/mol. The Bertz CT molecular complexity index is 621. The molecule has 2 rings (SSSR count). The summed E-state index contributed by atoms with van der Waals surface area (Å²) >= 11 is 11.8. The van der Waals surface area contributed by atoms with Gasteiger partial charge < -0.3 is 11.1 Å². The Morgan fingerprint density at radius 1 is 1.05 bits per heavy atom. The summed E-state index contributed by atoms with van der Waals surface area (Å²) in [4.78, 5) is 11.3. The van der Waals surface area contributed by atoms with Gasteiger partial charge in [0.15, 0.2) is 5.78 Å². The maximum Gasteiger partial charge on any atom is 0.161 e. The van der Waals surface area contributed by atoms with E-state index in [1.54, 1.807) is 36.4 Å². The zero-order valence-corrected chi connectivity index (χ0v) is 11.7. The Morgan fingerprint density at radius 3 is 2.21 bits per heavy atom. The number of nitrogen functional groups attached to an aromatic ring is 1. The SMILES string of the molecule is CC(=O)c1ccc(Nc2cc(Cl)cc(Cl)c2)cc1N. The largest absolute Gasteiger partial charge is 0.398 e. The van der Waals surface area contributed by atoms with E-state index in [0.717, 1.165) is 11.4 Å². The van der Waals surface area contributed by atoms with Crippen LogP contribution in [0.4, 0.5) is 17.1 Å². The summed E-state index contributed by atoms with van der Waals surface area (Å²) in [6.45, 7) is 1.48. The van der Waals surface area contributed by atoms with Crippen molar-refractivity contribution >= 4 is 46.0 Å². The molecule has 0 radical (unpaired) electrons. The molecule has 0 unspecified atom stereocenters. The van der Waals surface area contributed by atoms with Crippen LogP contribution in [-0.4, -0.2) is 5.78 Å². The Labute approximate surface area is 121 Å². The number of carbonyl (C=O) groups excluding carboxylic acids is 1. The number of benzene rings is 2. The summed E-state index contributed by atoms with van der Waals surface area (Å²) in [7, 11) is 0. The third kappa shape index (κ3) is 3.40. The molecule has 0 bridgehead atoms. The molecular weight excluding hydrogens is 283 g/mol.